The SMILES string of the molecule is CCN=C=NCCCN(C)C.Cl.NC(=O)c1cc2c3c(cccc3c1)N=N2. The molecule has 0 radical (unpaired) electrons. The normalized spacial score (nSPS) is 10.7. The van der Waals surface area contributed by atoms with E-state index in [1.54, 1.807) is 12.1 Å². The minimum Gasteiger partial charge on any atom is -0.366 e. The molecule has 0 aromatic heterocycles. The fraction of sp³-hybridized carbons (Fsp3) is 0.368. The van der Waals surface area contributed by atoms with Crippen molar-refractivity contribution in [3.05, 3.63) is 35.9 Å². The molecule has 7 nitrogen and oxygen atoms in total. The predicted molar refractivity (Wildman–Crippen MR) is 112 cm³/mol. The van der Waals surface area contributed by atoms with Gasteiger partial charge in [-0.3, -0.25) is 4.79 Å². The number of primary amides is 1. The summed E-state index contributed by atoms with van der Waals surface area (Å²) < 4.78 is 0. The minimum atomic E-state index is -0.444. The highest BCUT2D eigenvalue weighted by Crippen LogP contribution is 2.40. The molecule has 0 saturated carbocycles. The zero-order chi connectivity index (χ0) is 18.9. The van der Waals surface area contributed by atoms with E-state index in [-0.39, 0.29) is 12.4 Å². The van der Waals surface area contributed by atoms with Crippen molar-refractivity contribution in [2.45, 2.75) is 13.3 Å². The van der Waals surface area contributed by atoms with Crippen LogP contribution in [-0.4, -0.2) is 50.5 Å². The lowest BCUT2D eigenvalue weighted by Crippen LogP contribution is -2.13. The van der Waals surface area contributed by atoms with Crippen LogP contribution in [0.2, 0.25) is 0 Å². The summed E-state index contributed by atoms with van der Waals surface area (Å²) in [6.45, 7) is 4.67. The summed E-state index contributed by atoms with van der Waals surface area (Å²) in [6.07, 6.45) is 1.08. The second kappa shape index (κ2) is 11.2. The van der Waals surface area contributed by atoms with Gasteiger partial charge in [0.1, 0.15) is 0 Å². The van der Waals surface area contributed by atoms with Crippen molar-refractivity contribution in [1.82, 2.24) is 4.90 Å². The van der Waals surface area contributed by atoms with Gasteiger partial charge in [-0.05, 0) is 57.6 Å². The zero-order valence-corrected chi connectivity index (χ0v) is 16.7. The van der Waals surface area contributed by atoms with Crippen LogP contribution in [0.25, 0.3) is 10.8 Å². The van der Waals surface area contributed by atoms with Crippen LogP contribution in [0.15, 0.2) is 50.5 Å². The van der Waals surface area contributed by atoms with Gasteiger partial charge >= 0.3 is 0 Å². The smallest absolute Gasteiger partial charge is 0.248 e. The molecule has 3 rings (SSSR count). The Bertz CT molecular complexity index is 872. The molecule has 0 bridgehead atoms. The Morgan fingerprint density at radius 3 is 2.59 bits per heavy atom. The summed E-state index contributed by atoms with van der Waals surface area (Å²) in [5.74, 6) is -0.444. The van der Waals surface area contributed by atoms with Crippen LogP contribution in [0.5, 0.6) is 0 Å². The Balaban J connectivity index is 0.000000276. The van der Waals surface area contributed by atoms with Gasteiger partial charge in [0.05, 0.1) is 23.9 Å². The summed E-state index contributed by atoms with van der Waals surface area (Å²) in [5.41, 5.74) is 7.27. The highest BCUT2D eigenvalue weighted by atomic mass is 35.5. The van der Waals surface area contributed by atoms with Crippen molar-refractivity contribution >= 4 is 46.5 Å². The fourth-order valence-electron chi connectivity index (χ4n) is 2.43. The van der Waals surface area contributed by atoms with E-state index in [0.717, 1.165) is 48.2 Å². The molecule has 2 N–H and O–H groups in total. The molecule has 0 fully saturated rings. The Kier molecular flexibility index (Phi) is 9.30. The topological polar surface area (TPSA) is 95.8 Å². The van der Waals surface area contributed by atoms with Crippen molar-refractivity contribution in [2.75, 3.05) is 33.7 Å². The zero-order valence-electron chi connectivity index (χ0n) is 15.8. The van der Waals surface area contributed by atoms with E-state index in [9.17, 15) is 4.79 Å². The van der Waals surface area contributed by atoms with Gasteiger partial charge in [0.2, 0.25) is 5.91 Å². The molecule has 8 heteroatoms. The molecule has 0 aliphatic carbocycles. The average molecular weight is 389 g/mol. The molecule has 1 aliphatic rings. The summed E-state index contributed by atoms with van der Waals surface area (Å²) in [5, 5.41) is 9.96. The number of rotatable bonds is 6. The fourth-order valence-corrected chi connectivity index (χ4v) is 2.43. The molecule has 2 aromatic carbocycles. The molecule has 0 unspecified atom stereocenters. The highest BCUT2D eigenvalue weighted by Gasteiger charge is 2.14. The third-order valence-corrected chi connectivity index (χ3v) is 3.66. The van der Waals surface area contributed by atoms with Crippen molar-refractivity contribution in [2.24, 2.45) is 25.9 Å². The van der Waals surface area contributed by atoms with Gasteiger partial charge in [-0.2, -0.15) is 0 Å². The number of benzene rings is 2. The van der Waals surface area contributed by atoms with Crippen LogP contribution >= 0.6 is 12.4 Å². The van der Waals surface area contributed by atoms with E-state index >= 15 is 0 Å². The molecule has 1 aliphatic heterocycles. The average Bonchev–Trinajstić information content (AvgIpc) is 3.03. The number of aliphatic imine (C=N–C) groups is 2. The molecular formula is C19H25ClN6O. The lowest BCUT2D eigenvalue weighted by atomic mass is 10.0. The molecule has 2 aromatic rings. The third kappa shape index (κ3) is 6.57. The van der Waals surface area contributed by atoms with E-state index in [2.05, 4.69) is 45.2 Å². The predicted octanol–water partition coefficient (Wildman–Crippen LogP) is 4.22. The first kappa shape index (κ1) is 22.4. The maximum atomic E-state index is 11.1. The number of azo groups is 1. The molecule has 1 heterocycles. The van der Waals surface area contributed by atoms with Gasteiger partial charge in [-0.25, -0.2) is 9.98 Å². The largest absolute Gasteiger partial charge is 0.366 e. The van der Waals surface area contributed by atoms with Gasteiger partial charge in [-0.1, -0.05) is 12.1 Å². The monoisotopic (exact) mass is 388 g/mol. The Hall–Kier alpha value is -2.60. The lowest BCUT2D eigenvalue weighted by Gasteiger charge is -2.05. The molecule has 0 saturated heterocycles. The van der Waals surface area contributed by atoms with Crippen LogP contribution in [0.3, 0.4) is 0 Å². The first-order valence-corrected chi connectivity index (χ1v) is 8.54. The molecule has 27 heavy (non-hydrogen) atoms. The summed E-state index contributed by atoms with van der Waals surface area (Å²) in [7, 11) is 4.12. The van der Waals surface area contributed by atoms with Crippen LogP contribution in [0, 0.1) is 0 Å². The van der Waals surface area contributed by atoms with Crippen molar-refractivity contribution < 1.29 is 4.79 Å². The number of nitrogens with two attached hydrogens (primary N) is 1. The van der Waals surface area contributed by atoms with Gasteiger partial charge in [0.25, 0.3) is 0 Å². The molecular weight excluding hydrogens is 364 g/mol. The number of hydrogen-bond acceptors (Lipinski definition) is 6. The molecule has 0 spiro atoms. The van der Waals surface area contributed by atoms with Crippen LogP contribution < -0.4 is 5.73 Å². The van der Waals surface area contributed by atoms with Gasteiger partial charge < -0.3 is 10.6 Å². The Labute approximate surface area is 165 Å². The van der Waals surface area contributed by atoms with Gasteiger partial charge in [-0.15, -0.1) is 22.6 Å². The summed E-state index contributed by atoms with van der Waals surface area (Å²) >= 11 is 0. The van der Waals surface area contributed by atoms with Crippen molar-refractivity contribution in [3.63, 3.8) is 0 Å². The number of carbonyl (C=O) groups is 1. The number of carbonyl (C=O) groups excluding carboxylic acids is 1. The van der Waals surface area contributed by atoms with E-state index < -0.39 is 5.91 Å². The molecule has 0 atom stereocenters. The molecule has 144 valence electrons. The van der Waals surface area contributed by atoms with Crippen molar-refractivity contribution in [3.8, 4) is 0 Å². The van der Waals surface area contributed by atoms with E-state index in [1.807, 2.05) is 25.1 Å². The third-order valence-electron chi connectivity index (χ3n) is 3.66. The lowest BCUT2D eigenvalue weighted by molar-refractivity contribution is 0.100. The van der Waals surface area contributed by atoms with E-state index in [1.165, 1.54) is 0 Å². The maximum absolute atomic E-state index is 11.1. The number of hydrogen-bond donors (Lipinski definition) is 1. The second-order valence-electron chi connectivity index (χ2n) is 6.05. The summed E-state index contributed by atoms with van der Waals surface area (Å²) in [6, 6.07) is 11.8. The van der Waals surface area contributed by atoms with Gasteiger partial charge in [0.15, 0.2) is 0 Å². The standard InChI is InChI=1S/C11H7N3O.C8H17N3.ClH/c12-11(15)7-4-6-2-1-3-8-10(6)9(5-7)14-13-8;1-4-9-8-10-6-5-7-11(2)3;/h1-5H,(H2,12,15);4-7H2,1-3H3;1H. The summed E-state index contributed by atoms with van der Waals surface area (Å²) in [4.78, 5) is 21.1. The van der Waals surface area contributed by atoms with Crippen LogP contribution in [0.1, 0.15) is 23.7 Å². The van der Waals surface area contributed by atoms with Crippen molar-refractivity contribution in [1.29, 1.82) is 0 Å². The van der Waals surface area contributed by atoms with Crippen LogP contribution in [0.4, 0.5) is 11.4 Å². The molecule has 1 amide bonds. The maximum Gasteiger partial charge on any atom is 0.248 e. The number of amides is 1. The quantitative estimate of drug-likeness (QED) is 0.505. The van der Waals surface area contributed by atoms with E-state index in [0.29, 0.717) is 5.56 Å². The first-order chi connectivity index (χ1) is 12.5. The number of halogens is 1. The number of nitrogens with zero attached hydrogens (tertiary/aromatic N) is 5. The van der Waals surface area contributed by atoms with Gasteiger partial charge in [0, 0.05) is 17.5 Å². The minimum absolute atomic E-state index is 0. The first-order valence-electron chi connectivity index (χ1n) is 8.54. The highest BCUT2D eigenvalue weighted by molar-refractivity contribution is 6.07. The van der Waals surface area contributed by atoms with E-state index in [4.69, 9.17) is 5.73 Å². The Morgan fingerprint density at radius 2 is 1.93 bits per heavy atom. The second-order valence-corrected chi connectivity index (χ2v) is 6.05. The Morgan fingerprint density at radius 1 is 1.19 bits per heavy atom. The van der Waals surface area contributed by atoms with Crippen LogP contribution in [-0.2, 0) is 0 Å².